The van der Waals surface area contributed by atoms with Crippen LogP contribution < -0.4 is 5.73 Å². The Morgan fingerprint density at radius 3 is 1.94 bits per heavy atom. The maximum atomic E-state index is 13.5. The predicted octanol–water partition coefficient (Wildman–Crippen LogP) is 5.43. The van der Waals surface area contributed by atoms with Gasteiger partial charge in [0.15, 0.2) is 5.82 Å². The van der Waals surface area contributed by atoms with E-state index in [0.29, 0.717) is 41.5 Å². The molecule has 1 saturated heterocycles. The van der Waals surface area contributed by atoms with Crippen molar-refractivity contribution < 1.29 is 4.79 Å². The number of amides is 1. The second-order valence-corrected chi connectivity index (χ2v) is 9.35. The topological polar surface area (TPSA) is 87.9 Å². The van der Waals surface area contributed by atoms with E-state index in [9.17, 15) is 4.79 Å². The van der Waals surface area contributed by atoms with Gasteiger partial charge in [-0.05, 0) is 30.0 Å². The molecule has 3 N–H and O–H groups in total. The van der Waals surface area contributed by atoms with Gasteiger partial charge in [0, 0.05) is 24.1 Å². The van der Waals surface area contributed by atoms with Gasteiger partial charge in [0.05, 0.1) is 5.39 Å². The molecule has 36 heavy (non-hydrogen) atoms. The molecular formula is C30H27N5O. The average molecular weight is 474 g/mol. The average Bonchev–Trinajstić information content (AvgIpc) is 3.39. The molecule has 0 aliphatic carbocycles. The van der Waals surface area contributed by atoms with Gasteiger partial charge in [-0.2, -0.15) is 0 Å². The van der Waals surface area contributed by atoms with Crippen LogP contribution in [0.3, 0.4) is 0 Å². The fourth-order valence-electron chi connectivity index (χ4n) is 5.38. The number of aromatic amines is 1. The summed E-state index contributed by atoms with van der Waals surface area (Å²) in [6, 6.07) is 32.8. The molecule has 3 heterocycles. The van der Waals surface area contributed by atoms with Crippen molar-refractivity contribution in [1.82, 2.24) is 19.9 Å². The number of carbonyl (C=O) groups is 1. The van der Waals surface area contributed by atoms with E-state index in [0.717, 1.165) is 18.4 Å². The number of hydrogen-bond acceptors (Lipinski definition) is 4. The lowest BCUT2D eigenvalue weighted by Crippen LogP contribution is -2.45. The molecule has 0 atom stereocenters. The van der Waals surface area contributed by atoms with E-state index in [-0.39, 0.29) is 11.3 Å². The maximum absolute atomic E-state index is 13.5. The molecule has 1 amide bonds. The van der Waals surface area contributed by atoms with Crippen LogP contribution in [-0.2, 0) is 5.41 Å². The van der Waals surface area contributed by atoms with Crippen LogP contribution in [0.15, 0.2) is 97.1 Å². The third-order valence-corrected chi connectivity index (χ3v) is 7.34. The van der Waals surface area contributed by atoms with Crippen molar-refractivity contribution in [2.75, 3.05) is 18.8 Å². The van der Waals surface area contributed by atoms with Crippen molar-refractivity contribution in [3.8, 4) is 11.4 Å². The number of nitrogens with one attached hydrogen (secondary N) is 1. The number of hydrogen-bond donors (Lipinski definition) is 2. The summed E-state index contributed by atoms with van der Waals surface area (Å²) in [7, 11) is 0. The molecule has 178 valence electrons. The number of H-pyrrole nitrogens is 1. The number of aromatic nitrogens is 3. The van der Waals surface area contributed by atoms with Crippen LogP contribution in [0.1, 0.15) is 34.5 Å². The standard InChI is InChI=1S/C30H27N5O/c31-26-24-20-25(32-28(24)34-27(33-26)21-10-4-1-5-11-21)29(36)35-18-16-30(17-19-35,22-12-6-2-7-13-22)23-14-8-3-9-15-23/h1-15,20H,16-19H2,(H3,31,32,33,34). The fourth-order valence-corrected chi connectivity index (χ4v) is 5.38. The molecule has 0 unspecified atom stereocenters. The largest absolute Gasteiger partial charge is 0.383 e. The van der Waals surface area contributed by atoms with Gasteiger partial charge in [0.2, 0.25) is 0 Å². The van der Waals surface area contributed by atoms with E-state index in [2.05, 4.69) is 75.6 Å². The van der Waals surface area contributed by atoms with Crippen molar-refractivity contribution in [3.05, 3.63) is 114 Å². The van der Waals surface area contributed by atoms with Crippen LogP contribution in [0.5, 0.6) is 0 Å². The molecule has 0 bridgehead atoms. The van der Waals surface area contributed by atoms with Gasteiger partial charge < -0.3 is 15.6 Å². The first-order chi connectivity index (χ1) is 17.6. The molecule has 0 saturated carbocycles. The molecular weight excluding hydrogens is 446 g/mol. The van der Waals surface area contributed by atoms with Crippen molar-refractivity contribution in [2.45, 2.75) is 18.3 Å². The minimum absolute atomic E-state index is 0.0385. The Kier molecular flexibility index (Phi) is 5.49. The van der Waals surface area contributed by atoms with Gasteiger partial charge in [-0.1, -0.05) is 91.0 Å². The number of rotatable bonds is 4. The SMILES string of the molecule is Nc1nc(-c2ccccc2)nc2[nH]c(C(=O)N3CCC(c4ccccc4)(c4ccccc4)CC3)cc12. The third-order valence-electron chi connectivity index (χ3n) is 7.34. The van der Waals surface area contributed by atoms with Crippen LogP contribution >= 0.6 is 0 Å². The van der Waals surface area contributed by atoms with Crippen LogP contribution in [0.2, 0.25) is 0 Å². The summed E-state index contributed by atoms with van der Waals surface area (Å²) in [6.45, 7) is 1.32. The van der Waals surface area contributed by atoms with E-state index < -0.39 is 0 Å². The first-order valence-corrected chi connectivity index (χ1v) is 12.3. The summed E-state index contributed by atoms with van der Waals surface area (Å²) < 4.78 is 0. The fraction of sp³-hybridized carbons (Fsp3) is 0.167. The molecule has 0 spiro atoms. The molecule has 6 rings (SSSR count). The molecule has 0 radical (unpaired) electrons. The predicted molar refractivity (Wildman–Crippen MR) is 143 cm³/mol. The Hall–Kier alpha value is -4.45. The van der Waals surface area contributed by atoms with Crippen LogP contribution in [0.4, 0.5) is 5.82 Å². The second-order valence-electron chi connectivity index (χ2n) is 9.35. The molecule has 6 heteroatoms. The number of likely N-dealkylation sites (tertiary alicyclic amines) is 1. The number of carbonyl (C=O) groups excluding carboxylic acids is 1. The van der Waals surface area contributed by atoms with Gasteiger partial charge in [-0.25, -0.2) is 9.97 Å². The van der Waals surface area contributed by atoms with Crippen LogP contribution in [-0.4, -0.2) is 38.8 Å². The zero-order valence-electron chi connectivity index (χ0n) is 19.9. The van der Waals surface area contributed by atoms with Crippen molar-refractivity contribution in [3.63, 3.8) is 0 Å². The maximum Gasteiger partial charge on any atom is 0.270 e. The third kappa shape index (κ3) is 3.81. The Morgan fingerprint density at radius 2 is 1.36 bits per heavy atom. The van der Waals surface area contributed by atoms with E-state index in [1.807, 2.05) is 35.2 Å². The molecule has 1 aliphatic heterocycles. The quantitative estimate of drug-likeness (QED) is 0.364. The van der Waals surface area contributed by atoms with E-state index >= 15 is 0 Å². The number of nitrogen functional groups attached to an aromatic ring is 1. The monoisotopic (exact) mass is 473 g/mol. The molecule has 5 aromatic rings. The number of nitrogens with two attached hydrogens (primary N) is 1. The number of piperidine rings is 1. The summed E-state index contributed by atoms with van der Waals surface area (Å²) in [5.41, 5.74) is 10.7. The van der Waals surface area contributed by atoms with E-state index in [4.69, 9.17) is 5.73 Å². The summed E-state index contributed by atoms with van der Waals surface area (Å²) in [6.07, 6.45) is 1.71. The van der Waals surface area contributed by atoms with Gasteiger partial charge in [-0.3, -0.25) is 4.79 Å². The summed E-state index contributed by atoms with van der Waals surface area (Å²) in [5.74, 6) is 0.860. The molecule has 3 aromatic carbocycles. The minimum atomic E-state index is -0.111. The Bertz CT molecular complexity index is 1460. The highest BCUT2D eigenvalue weighted by molar-refractivity contribution is 6.00. The minimum Gasteiger partial charge on any atom is -0.383 e. The highest BCUT2D eigenvalue weighted by Crippen LogP contribution is 2.42. The molecule has 2 aromatic heterocycles. The lowest BCUT2D eigenvalue weighted by Gasteiger charge is -2.42. The number of nitrogens with zero attached hydrogens (tertiary/aromatic N) is 3. The van der Waals surface area contributed by atoms with E-state index in [1.54, 1.807) is 6.07 Å². The lowest BCUT2D eigenvalue weighted by molar-refractivity contribution is 0.0680. The zero-order chi connectivity index (χ0) is 24.5. The van der Waals surface area contributed by atoms with Gasteiger partial charge in [0.25, 0.3) is 5.91 Å². The molecule has 1 fully saturated rings. The highest BCUT2D eigenvalue weighted by Gasteiger charge is 2.39. The Morgan fingerprint density at radius 1 is 0.806 bits per heavy atom. The first-order valence-electron chi connectivity index (χ1n) is 12.3. The lowest BCUT2D eigenvalue weighted by atomic mass is 9.68. The Labute approximate surface area is 209 Å². The molecule has 1 aliphatic rings. The smallest absolute Gasteiger partial charge is 0.270 e. The van der Waals surface area contributed by atoms with Gasteiger partial charge in [-0.15, -0.1) is 0 Å². The molecule has 6 nitrogen and oxygen atoms in total. The summed E-state index contributed by atoms with van der Waals surface area (Å²) in [4.78, 5) is 27.8. The Balaban J connectivity index is 1.28. The summed E-state index contributed by atoms with van der Waals surface area (Å²) in [5, 5.41) is 0.665. The van der Waals surface area contributed by atoms with Crippen LogP contribution in [0, 0.1) is 0 Å². The summed E-state index contributed by atoms with van der Waals surface area (Å²) >= 11 is 0. The normalized spacial score (nSPS) is 15.2. The highest BCUT2D eigenvalue weighted by atomic mass is 16.2. The van der Waals surface area contributed by atoms with Crippen LogP contribution in [0.25, 0.3) is 22.4 Å². The zero-order valence-corrected chi connectivity index (χ0v) is 19.9. The first kappa shape index (κ1) is 22.0. The van der Waals surface area contributed by atoms with E-state index in [1.165, 1.54) is 11.1 Å². The van der Waals surface area contributed by atoms with Gasteiger partial charge in [0.1, 0.15) is 17.2 Å². The van der Waals surface area contributed by atoms with Crippen molar-refractivity contribution >= 4 is 22.8 Å². The van der Waals surface area contributed by atoms with Crippen molar-refractivity contribution in [2.24, 2.45) is 0 Å². The number of anilines is 1. The second kappa shape index (κ2) is 8.96. The number of fused-ring (bicyclic) bond motifs is 1. The number of benzene rings is 3. The van der Waals surface area contributed by atoms with Gasteiger partial charge >= 0.3 is 0 Å². The van der Waals surface area contributed by atoms with Crippen molar-refractivity contribution in [1.29, 1.82) is 0 Å².